The fourth-order valence-electron chi connectivity index (χ4n) is 8.82. The Morgan fingerprint density at radius 2 is 0.833 bits per heavy atom. The highest BCUT2D eigenvalue weighted by atomic mass is 32.1. The molecule has 0 amide bonds. The summed E-state index contributed by atoms with van der Waals surface area (Å²) < 4.78 is 5.37. The van der Waals surface area contributed by atoms with Crippen molar-refractivity contribution in [1.82, 2.24) is 0 Å². The molecule has 254 valence electrons. The van der Waals surface area contributed by atoms with E-state index in [1.54, 1.807) is 0 Å². The third-order valence-electron chi connectivity index (χ3n) is 11.3. The Morgan fingerprint density at radius 1 is 0.315 bits per heavy atom. The van der Waals surface area contributed by atoms with Crippen molar-refractivity contribution in [3.05, 3.63) is 168 Å². The van der Waals surface area contributed by atoms with Gasteiger partial charge in [-0.15, -0.1) is 22.7 Å². The number of hydrogen-bond donors (Lipinski definition) is 0. The summed E-state index contributed by atoms with van der Waals surface area (Å²) in [5.74, 6) is 0. The SMILES string of the molecule is C/C=c1/c(-c2cccc(-c3ccc4sc5cc6cc7c(cc6cc5c4c3)sc3ccccc37)c2)c2ccccc2c(-c2ccc3ccccc3c2)/c1=C/C. The first-order valence-corrected chi connectivity index (χ1v) is 20.3. The third kappa shape index (κ3) is 4.81. The van der Waals surface area contributed by atoms with Crippen molar-refractivity contribution in [2.45, 2.75) is 13.8 Å². The summed E-state index contributed by atoms with van der Waals surface area (Å²) >= 11 is 3.79. The second kappa shape index (κ2) is 12.2. The molecule has 0 fully saturated rings. The molecule has 0 unspecified atom stereocenters. The summed E-state index contributed by atoms with van der Waals surface area (Å²) in [6, 6.07) is 59.1. The van der Waals surface area contributed by atoms with Gasteiger partial charge < -0.3 is 0 Å². The molecule has 0 saturated carbocycles. The van der Waals surface area contributed by atoms with Gasteiger partial charge in [-0.1, -0.05) is 115 Å². The lowest BCUT2D eigenvalue weighted by atomic mass is 9.87. The number of hydrogen-bond acceptors (Lipinski definition) is 2. The molecule has 0 radical (unpaired) electrons. The predicted molar refractivity (Wildman–Crippen MR) is 241 cm³/mol. The highest BCUT2D eigenvalue weighted by Gasteiger charge is 2.16. The molecule has 0 spiro atoms. The fourth-order valence-corrected chi connectivity index (χ4v) is 11.1. The normalized spacial score (nSPS) is 12.9. The van der Waals surface area contributed by atoms with Crippen LogP contribution in [0.25, 0.3) is 118 Å². The summed E-state index contributed by atoms with van der Waals surface area (Å²) in [5, 5.41) is 15.6. The van der Waals surface area contributed by atoms with Crippen LogP contribution in [0.1, 0.15) is 13.8 Å². The highest BCUT2D eigenvalue weighted by molar-refractivity contribution is 7.26. The van der Waals surface area contributed by atoms with Crippen molar-refractivity contribution in [1.29, 1.82) is 0 Å². The van der Waals surface area contributed by atoms with Gasteiger partial charge >= 0.3 is 0 Å². The van der Waals surface area contributed by atoms with Gasteiger partial charge in [-0.2, -0.15) is 0 Å². The summed E-state index contributed by atoms with van der Waals surface area (Å²) in [6.45, 7) is 4.36. The van der Waals surface area contributed by atoms with Crippen molar-refractivity contribution in [2.24, 2.45) is 0 Å². The molecular weight excluding hydrogens is 689 g/mol. The van der Waals surface area contributed by atoms with E-state index in [-0.39, 0.29) is 0 Å². The molecule has 0 nitrogen and oxygen atoms in total. The molecule has 9 aromatic carbocycles. The van der Waals surface area contributed by atoms with E-state index >= 15 is 0 Å². The number of benzene rings is 9. The van der Waals surface area contributed by atoms with E-state index < -0.39 is 0 Å². The van der Waals surface area contributed by atoms with E-state index in [1.807, 2.05) is 22.7 Å². The Labute approximate surface area is 321 Å². The fraction of sp³-hybridized carbons (Fsp3) is 0.0385. The summed E-state index contributed by atoms with van der Waals surface area (Å²) in [5.41, 5.74) is 7.53. The Hall–Kier alpha value is -6.06. The molecule has 0 aliphatic heterocycles. The van der Waals surface area contributed by atoms with Gasteiger partial charge in [0.05, 0.1) is 0 Å². The van der Waals surface area contributed by atoms with E-state index in [9.17, 15) is 0 Å². The lowest BCUT2D eigenvalue weighted by Gasteiger charge is -2.17. The van der Waals surface area contributed by atoms with Gasteiger partial charge in [-0.05, 0) is 145 Å². The van der Waals surface area contributed by atoms with Gasteiger partial charge in [-0.3, -0.25) is 0 Å². The van der Waals surface area contributed by atoms with Gasteiger partial charge in [-0.25, -0.2) is 0 Å². The molecule has 54 heavy (non-hydrogen) atoms. The number of thiophene rings is 2. The minimum atomic E-state index is 1.23. The zero-order valence-corrected chi connectivity index (χ0v) is 31.6. The van der Waals surface area contributed by atoms with E-state index in [4.69, 9.17) is 0 Å². The van der Waals surface area contributed by atoms with Crippen molar-refractivity contribution < 1.29 is 0 Å². The summed E-state index contributed by atoms with van der Waals surface area (Å²) in [6.07, 6.45) is 4.60. The van der Waals surface area contributed by atoms with Gasteiger partial charge in [0.1, 0.15) is 0 Å². The molecule has 0 aliphatic rings. The molecule has 0 aliphatic carbocycles. The molecular formula is C52H34S2. The van der Waals surface area contributed by atoms with Crippen LogP contribution in [0.2, 0.25) is 0 Å². The van der Waals surface area contributed by atoms with Crippen LogP contribution in [-0.2, 0) is 0 Å². The average Bonchev–Trinajstić information content (AvgIpc) is 3.77. The molecule has 0 bridgehead atoms. The highest BCUT2D eigenvalue weighted by Crippen LogP contribution is 2.42. The second-order valence-corrected chi connectivity index (χ2v) is 16.5. The first-order chi connectivity index (χ1) is 26.6. The monoisotopic (exact) mass is 722 g/mol. The molecule has 0 N–H and O–H groups in total. The van der Waals surface area contributed by atoms with Gasteiger partial charge in [0.25, 0.3) is 0 Å². The van der Waals surface area contributed by atoms with E-state index in [2.05, 4.69) is 184 Å². The first kappa shape index (κ1) is 31.5. The molecule has 11 aromatic rings. The van der Waals surface area contributed by atoms with Crippen LogP contribution >= 0.6 is 22.7 Å². The molecule has 0 saturated heterocycles. The maximum atomic E-state index is 2.42. The number of rotatable bonds is 3. The average molecular weight is 723 g/mol. The van der Waals surface area contributed by atoms with E-state index in [0.717, 1.165) is 0 Å². The number of fused-ring (bicyclic) bond motifs is 9. The third-order valence-corrected chi connectivity index (χ3v) is 13.6. The van der Waals surface area contributed by atoms with Crippen LogP contribution in [0.4, 0.5) is 0 Å². The topological polar surface area (TPSA) is 0 Å². The van der Waals surface area contributed by atoms with Crippen molar-refractivity contribution >= 4 is 107 Å². The van der Waals surface area contributed by atoms with Crippen LogP contribution < -0.4 is 10.4 Å². The molecule has 2 aromatic heterocycles. The Balaban J connectivity index is 1.08. The second-order valence-electron chi connectivity index (χ2n) is 14.3. The predicted octanol–water partition coefficient (Wildman–Crippen LogP) is 14.5. The zero-order valence-electron chi connectivity index (χ0n) is 30.0. The Bertz CT molecular complexity index is 3470. The molecule has 2 heteroatoms. The molecule has 2 heterocycles. The van der Waals surface area contributed by atoms with Gasteiger partial charge in [0.15, 0.2) is 0 Å². The summed E-state index contributed by atoms with van der Waals surface area (Å²) in [4.78, 5) is 0. The van der Waals surface area contributed by atoms with Gasteiger partial charge in [0.2, 0.25) is 0 Å². The van der Waals surface area contributed by atoms with E-state index in [1.165, 1.54) is 116 Å². The molecule has 11 rings (SSSR count). The Kier molecular flexibility index (Phi) is 7.14. The van der Waals surface area contributed by atoms with Crippen LogP contribution in [0, 0.1) is 0 Å². The van der Waals surface area contributed by atoms with Crippen LogP contribution in [0.5, 0.6) is 0 Å². The standard InChI is InChI=1S/C52H34S2/c1-3-39-40(4-2)52(36-21-20-31-12-5-6-13-32(31)24-36)43-18-8-7-17-42(43)51(39)35-15-11-14-33(25-35)34-22-23-48-45(26-34)46-28-38-29-49-44(27-37(38)30-50(46)54-48)41-16-9-10-19-47(41)53-49/h3-30H,1-2H3/b39-3+,40-4+. The first-order valence-electron chi connectivity index (χ1n) is 18.6. The molecule has 0 atom stereocenters. The van der Waals surface area contributed by atoms with Gasteiger partial charge in [0, 0.05) is 40.3 Å². The quantitative estimate of drug-likeness (QED) is 0.170. The van der Waals surface area contributed by atoms with Crippen LogP contribution in [-0.4, -0.2) is 0 Å². The minimum absolute atomic E-state index is 1.23. The minimum Gasteiger partial charge on any atom is -0.135 e. The van der Waals surface area contributed by atoms with Crippen LogP contribution in [0.15, 0.2) is 158 Å². The van der Waals surface area contributed by atoms with Crippen molar-refractivity contribution in [3.63, 3.8) is 0 Å². The Morgan fingerprint density at radius 3 is 1.54 bits per heavy atom. The van der Waals surface area contributed by atoms with Crippen LogP contribution in [0.3, 0.4) is 0 Å². The largest absolute Gasteiger partial charge is 0.135 e. The van der Waals surface area contributed by atoms with E-state index in [0.29, 0.717) is 0 Å². The zero-order chi connectivity index (χ0) is 35.9. The summed E-state index contributed by atoms with van der Waals surface area (Å²) in [7, 11) is 0. The smallest absolute Gasteiger partial charge is 0.0361 e. The maximum Gasteiger partial charge on any atom is 0.0361 e. The maximum absolute atomic E-state index is 2.42. The van der Waals surface area contributed by atoms with Crippen molar-refractivity contribution in [3.8, 4) is 33.4 Å². The lowest BCUT2D eigenvalue weighted by molar-refractivity contribution is 1.50. The lowest BCUT2D eigenvalue weighted by Crippen LogP contribution is -2.29. The van der Waals surface area contributed by atoms with Crippen molar-refractivity contribution in [2.75, 3.05) is 0 Å².